The number of sulfonamides is 1. The van der Waals surface area contributed by atoms with Crippen molar-refractivity contribution in [3.8, 4) is 10.4 Å². The summed E-state index contributed by atoms with van der Waals surface area (Å²) >= 11 is 4.90. The number of hydrogen-bond donors (Lipinski definition) is 2. The molecule has 158 valence electrons. The van der Waals surface area contributed by atoms with Crippen molar-refractivity contribution in [3.05, 3.63) is 33.9 Å². The monoisotopic (exact) mass is 501 g/mol. The van der Waals surface area contributed by atoms with Gasteiger partial charge in [0, 0.05) is 34.7 Å². The van der Waals surface area contributed by atoms with Crippen LogP contribution in [0.4, 0.5) is 4.79 Å². The number of methoxy groups -OCH3 is 1. The zero-order valence-electron chi connectivity index (χ0n) is 16.3. The second-order valence-electron chi connectivity index (χ2n) is 6.89. The van der Waals surface area contributed by atoms with Gasteiger partial charge in [-0.15, -0.1) is 11.3 Å². The number of alkyl carbamates (subject to hydrolysis) is 1. The Morgan fingerprint density at radius 2 is 2.03 bits per heavy atom. The van der Waals surface area contributed by atoms with E-state index in [0.717, 1.165) is 35.6 Å². The number of rotatable bonds is 6. The number of ether oxygens (including phenoxy) is 1. The van der Waals surface area contributed by atoms with Gasteiger partial charge in [-0.05, 0) is 37.8 Å². The van der Waals surface area contributed by atoms with Crippen LogP contribution in [0.3, 0.4) is 0 Å². The number of aromatic nitrogens is 1. The standard InChI is InChI=1S/C19H24BrN3O4S2/c1-3-22-29(25,26)17-10-13(20)6-9-15(17)16-11-21-18(28-16)12-4-7-14(8-5-12)23-19(24)27-2/h6,9-12,14,22H,3-5,7-8H2,1-2H3,(H,23,24). The highest BCUT2D eigenvalue weighted by Crippen LogP contribution is 2.39. The Morgan fingerprint density at radius 1 is 1.31 bits per heavy atom. The highest BCUT2D eigenvalue weighted by Gasteiger charge is 2.27. The van der Waals surface area contributed by atoms with E-state index >= 15 is 0 Å². The molecule has 1 fully saturated rings. The topological polar surface area (TPSA) is 97.4 Å². The van der Waals surface area contributed by atoms with Crippen LogP contribution in [-0.4, -0.2) is 39.2 Å². The Labute approximate surface area is 183 Å². The highest BCUT2D eigenvalue weighted by atomic mass is 79.9. The first-order valence-electron chi connectivity index (χ1n) is 9.43. The van der Waals surface area contributed by atoms with Crippen LogP contribution < -0.4 is 10.0 Å². The molecule has 10 heteroatoms. The molecular formula is C19H24BrN3O4S2. The van der Waals surface area contributed by atoms with Gasteiger partial charge in [-0.3, -0.25) is 0 Å². The minimum atomic E-state index is -3.60. The van der Waals surface area contributed by atoms with Crippen molar-refractivity contribution in [2.24, 2.45) is 0 Å². The van der Waals surface area contributed by atoms with E-state index in [9.17, 15) is 13.2 Å². The van der Waals surface area contributed by atoms with Crippen LogP contribution in [-0.2, 0) is 14.8 Å². The molecule has 1 saturated carbocycles. The zero-order chi connectivity index (χ0) is 21.0. The summed E-state index contributed by atoms with van der Waals surface area (Å²) in [6.45, 7) is 2.08. The van der Waals surface area contributed by atoms with Crippen LogP contribution >= 0.6 is 27.3 Å². The number of thiazole rings is 1. The smallest absolute Gasteiger partial charge is 0.407 e. The van der Waals surface area contributed by atoms with E-state index in [0.29, 0.717) is 22.5 Å². The molecule has 0 unspecified atom stereocenters. The summed E-state index contributed by atoms with van der Waals surface area (Å²) in [4.78, 5) is 17.0. The second-order valence-corrected chi connectivity index (χ2v) is 10.6. The van der Waals surface area contributed by atoms with E-state index in [1.165, 1.54) is 18.4 Å². The van der Waals surface area contributed by atoms with Crippen molar-refractivity contribution < 1.29 is 17.9 Å². The number of hydrogen-bond acceptors (Lipinski definition) is 6. The van der Waals surface area contributed by atoms with Gasteiger partial charge < -0.3 is 10.1 Å². The first-order valence-corrected chi connectivity index (χ1v) is 12.5. The van der Waals surface area contributed by atoms with Crippen molar-refractivity contribution in [3.63, 3.8) is 0 Å². The maximum atomic E-state index is 12.6. The molecule has 1 amide bonds. The summed E-state index contributed by atoms with van der Waals surface area (Å²) in [5, 5.41) is 3.86. The number of nitrogens with one attached hydrogen (secondary N) is 2. The predicted molar refractivity (Wildman–Crippen MR) is 117 cm³/mol. The van der Waals surface area contributed by atoms with Gasteiger partial charge in [-0.1, -0.05) is 28.9 Å². The maximum Gasteiger partial charge on any atom is 0.407 e. The van der Waals surface area contributed by atoms with Gasteiger partial charge in [0.05, 0.1) is 21.9 Å². The predicted octanol–water partition coefficient (Wildman–Crippen LogP) is 4.25. The van der Waals surface area contributed by atoms with Crippen molar-refractivity contribution in [1.29, 1.82) is 0 Å². The van der Waals surface area contributed by atoms with E-state index in [-0.39, 0.29) is 10.9 Å². The molecule has 29 heavy (non-hydrogen) atoms. The third kappa shape index (κ3) is 5.36. The average molecular weight is 502 g/mol. The molecule has 1 aromatic heterocycles. The molecule has 1 heterocycles. The fraction of sp³-hybridized carbons (Fsp3) is 0.474. The van der Waals surface area contributed by atoms with Crippen LogP contribution in [0.5, 0.6) is 0 Å². The minimum absolute atomic E-state index is 0.126. The molecule has 2 N–H and O–H groups in total. The Balaban J connectivity index is 1.79. The van der Waals surface area contributed by atoms with Crippen LogP contribution in [0.15, 0.2) is 33.8 Å². The van der Waals surface area contributed by atoms with E-state index < -0.39 is 16.1 Å². The SMILES string of the molecule is CCNS(=O)(=O)c1cc(Br)ccc1-c1cnc(C2CCC(NC(=O)OC)CC2)s1. The lowest BCUT2D eigenvalue weighted by Gasteiger charge is -2.27. The number of halogens is 1. The van der Waals surface area contributed by atoms with Gasteiger partial charge in [0.2, 0.25) is 10.0 Å². The van der Waals surface area contributed by atoms with Crippen LogP contribution in [0.2, 0.25) is 0 Å². The van der Waals surface area contributed by atoms with Crippen LogP contribution in [0.1, 0.15) is 43.5 Å². The lowest BCUT2D eigenvalue weighted by molar-refractivity contribution is 0.162. The summed E-state index contributed by atoms with van der Waals surface area (Å²) in [5.41, 5.74) is 0.652. The highest BCUT2D eigenvalue weighted by molar-refractivity contribution is 9.10. The summed E-state index contributed by atoms with van der Waals surface area (Å²) in [7, 11) is -2.24. The van der Waals surface area contributed by atoms with Crippen molar-refractivity contribution >= 4 is 43.4 Å². The van der Waals surface area contributed by atoms with E-state index in [1.54, 1.807) is 19.2 Å². The quantitative estimate of drug-likeness (QED) is 0.616. The van der Waals surface area contributed by atoms with Gasteiger partial charge in [-0.2, -0.15) is 0 Å². The van der Waals surface area contributed by atoms with Crippen molar-refractivity contribution in [2.45, 2.75) is 49.5 Å². The van der Waals surface area contributed by atoms with Gasteiger partial charge >= 0.3 is 6.09 Å². The molecule has 0 saturated heterocycles. The van der Waals surface area contributed by atoms with Crippen molar-refractivity contribution in [2.75, 3.05) is 13.7 Å². The van der Waals surface area contributed by atoms with Gasteiger partial charge in [0.1, 0.15) is 0 Å². The average Bonchev–Trinajstić information content (AvgIpc) is 3.18. The number of amides is 1. The fourth-order valence-corrected chi connectivity index (χ4v) is 6.49. The zero-order valence-corrected chi connectivity index (χ0v) is 19.5. The lowest BCUT2D eigenvalue weighted by atomic mass is 9.86. The minimum Gasteiger partial charge on any atom is -0.453 e. The van der Waals surface area contributed by atoms with Gasteiger partial charge in [-0.25, -0.2) is 22.9 Å². The third-order valence-electron chi connectivity index (χ3n) is 4.94. The molecule has 1 aromatic carbocycles. The fourth-order valence-electron chi connectivity index (χ4n) is 3.50. The molecule has 0 atom stereocenters. The van der Waals surface area contributed by atoms with E-state index in [2.05, 4.69) is 35.7 Å². The van der Waals surface area contributed by atoms with Gasteiger partial charge in [0.15, 0.2) is 0 Å². The summed E-state index contributed by atoms with van der Waals surface area (Å²) < 4.78 is 33.2. The number of carbonyl (C=O) groups is 1. The van der Waals surface area contributed by atoms with E-state index in [1.807, 2.05) is 12.1 Å². The number of benzene rings is 1. The third-order valence-corrected chi connectivity index (χ3v) is 8.21. The normalized spacial score (nSPS) is 19.7. The molecular weight excluding hydrogens is 478 g/mol. The molecule has 2 aromatic rings. The Morgan fingerprint density at radius 3 is 2.69 bits per heavy atom. The number of nitrogens with zero attached hydrogens (tertiary/aromatic N) is 1. The molecule has 1 aliphatic rings. The van der Waals surface area contributed by atoms with E-state index in [4.69, 9.17) is 0 Å². The Bertz CT molecular complexity index is 970. The molecule has 3 rings (SSSR count). The molecule has 0 bridgehead atoms. The number of carbonyl (C=O) groups excluding carboxylic acids is 1. The molecule has 0 radical (unpaired) electrons. The van der Waals surface area contributed by atoms with Gasteiger partial charge in [0.25, 0.3) is 0 Å². The summed E-state index contributed by atoms with van der Waals surface area (Å²) in [6.07, 6.45) is 4.94. The first kappa shape index (κ1) is 22.2. The molecule has 0 aliphatic heterocycles. The summed E-state index contributed by atoms with van der Waals surface area (Å²) in [6, 6.07) is 5.39. The van der Waals surface area contributed by atoms with Crippen LogP contribution in [0, 0.1) is 0 Å². The Kier molecular flexibility index (Phi) is 7.31. The Hall–Kier alpha value is -1.49. The maximum absolute atomic E-state index is 12.6. The van der Waals surface area contributed by atoms with Crippen LogP contribution in [0.25, 0.3) is 10.4 Å². The lowest BCUT2D eigenvalue weighted by Crippen LogP contribution is -2.37. The second kappa shape index (κ2) is 9.55. The molecule has 7 nitrogen and oxygen atoms in total. The molecule has 1 aliphatic carbocycles. The largest absolute Gasteiger partial charge is 0.453 e. The summed E-state index contributed by atoms with van der Waals surface area (Å²) in [5.74, 6) is 0.314. The molecule has 0 spiro atoms. The first-order chi connectivity index (χ1) is 13.8. The van der Waals surface area contributed by atoms with Crippen molar-refractivity contribution in [1.82, 2.24) is 15.0 Å².